The Balaban J connectivity index is 2.32. The molecule has 2 nitrogen and oxygen atoms in total. The van der Waals surface area contributed by atoms with Gasteiger partial charge in [-0.1, -0.05) is 34.6 Å². The molecule has 0 radical (unpaired) electrons. The van der Waals surface area contributed by atoms with Crippen LogP contribution in [0.3, 0.4) is 0 Å². The standard InChI is InChI=1S/C14H27NO/c1-6-15(7-2)11-10-8-9-14(5,12(11)16)13(10,3)4/h10-12,16H,6-9H2,1-5H3/t10-,11+,12+,14-/m0/s1. The van der Waals surface area contributed by atoms with E-state index >= 15 is 0 Å². The largest absolute Gasteiger partial charge is 0.391 e. The Bertz CT molecular complexity index is 272. The SMILES string of the molecule is CCN(CC)[C@H]1[C@@H](O)[C@]2(C)CC[C@@H]1C2(C)C. The molecule has 0 unspecified atom stereocenters. The average Bonchev–Trinajstić information content (AvgIpc) is 2.54. The first-order chi connectivity index (χ1) is 7.40. The van der Waals surface area contributed by atoms with Crippen molar-refractivity contribution >= 4 is 0 Å². The molecule has 2 saturated carbocycles. The van der Waals surface area contributed by atoms with E-state index in [-0.39, 0.29) is 11.5 Å². The zero-order valence-corrected chi connectivity index (χ0v) is 11.5. The van der Waals surface area contributed by atoms with Crippen LogP contribution in [-0.4, -0.2) is 35.2 Å². The molecule has 94 valence electrons. The highest BCUT2D eigenvalue weighted by Crippen LogP contribution is 2.66. The molecule has 2 heteroatoms. The summed E-state index contributed by atoms with van der Waals surface area (Å²) in [7, 11) is 0. The van der Waals surface area contributed by atoms with Crippen LogP contribution in [-0.2, 0) is 0 Å². The summed E-state index contributed by atoms with van der Waals surface area (Å²) in [6, 6.07) is 0.392. The number of nitrogens with zero attached hydrogens (tertiary/aromatic N) is 1. The second-order valence-electron chi connectivity index (χ2n) is 6.44. The summed E-state index contributed by atoms with van der Waals surface area (Å²) < 4.78 is 0. The first-order valence-corrected chi connectivity index (χ1v) is 6.82. The van der Waals surface area contributed by atoms with Gasteiger partial charge in [0.15, 0.2) is 0 Å². The number of likely N-dealkylation sites (N-methyl/N-ethyl adjacent to an activating group) is 1. The van der Waals surface area contributed by atoms with Crippen molar-refractivity contribution in [2.45, 2.75) is 59.6 Å². The number of hydrogen-bond acceptors (Lipinski definition) is 2. The molecule has 2 aliphatic rings. The lowest BCUT2D eigenvalue weighted by Crippen LogP contribution is -2.49. The van der Waals surface area contributed by atoms with Crippen molar-refractivity contribution in [1.82, 2.24) is 4.90 Å². The predicted molar refractivity (Wildman–Crippen MR) is 67.3 cm³/mol. The third kappa shape index (κ3) is 1.26. The molecular weight excluding hydrogens is 198 g/mol. The van der Waals surface area contributed by atoms with Crippen LogP contribution < -0.4 is 0 Å². The van der Waals surface area contributed by atoms with Crippen LogP contribution in [0.1, 0.15) is 47.5 Å². The molecule has 2 fully saturated rings. The van der Waals surface area contributed by atoms with E-state index in [0.29, 0.717) is 17.4 Å². The number of hydrogen-bond donors (Lipinski definition) is 1. The molecule has 0 saturated heterocycles. The van der Waals surface area contributed by atoms with Crippen LogP contribution in [0.25, 0.3) is 0 Å². The lowest BCUT2D eigenvalue weighted by atomic mass is 9.70. The normalized spacial score (nSPS) is 45.6. The lowest BCUT2D eigenvalue weighted by molar-refractivity contribution is -0.0284. The molecule has 16 heavy (non-hydrogen) atoms. The van der Waals surface area contributed by atoms with Gasteiger partial charge in [0.25, 0.3) is 0 Å². The zero-order valence-electron chi connectivity index (χ0n) is 11.5. The molecule has 0 aromatic rings. The number of aliphatic hydroxyl groups excluding tert-OH is 1. The zero-order chi connectivity index (χ0) is 12.1. The summed E-state index contributed by atoms with van der Waals surface area (Å²) in [6.45, 7) is 13.5. The van der Waals surface area contributed by atoms with Crippen LogP contribution in [0.4, 0.5) is 0 Å². The smallest absolute Gasteiger partial charge is 0.0756 e. The van der Waals surface area contributed by atoms with Crippen molar-refractivity contribution in [1.29, 1.82) is 0 Å². The molecule has 0 aromatic heterocycles. The number of fused-ring (bicyclic) bond motifs is 2. The van der Waals surface area contributed by atoms with Gasteiger partial charge in [0.05, 0.1) is 6.10 Å². The van der Waals surface area contributed by atoms with Crippen molar-refractivity contribution in [3.05, 3.63) is 0 Å². The van der Waals surface area contributed by atoms with E-state index in [9.17, 15) is 5.11 Å². The third-order valence-corrected chi connectivity index (χ3v) is 6.00. The first-order valence-electron chi connectivity index (χ1n) is 6.82. The molecule has 0 aliphatic heterocycles. The van der Waals surface area contributed by atoms with Gasteiger partial charge in [-0.05, 0) is 37.3 Å². The van der Waals surface area contributed by atoms with Gasteiger partial charge in [0.1, 0.15) is 0 Å². The molecule has 0 spiro atoms. The monoisotopic (exact) mass is 225 g/mol. The average molecular weight is 225 g/mol. The Kier molecular flexibility index (Phi) is 2.87. The van der Waals surface area contributed by atoms with Gasteiger partial charge in [-0.15, -0.1) is 0 Å². The van der Waals surface area contributed by atoms with Gasteiger partial charge < -0.3 is 5.11 Å². The van der Waals surface area contributed by atoms with Crippen molar-refractivity contribution in [3.8, 4) is 0 Å². The van der Waals surface area contributed by atoms with Gasteiger partial charge in [-0.3, -0.25) is 4.90 Å². The van der Waals surface area contributed by atoms with Crippen LogP contribution in [0.5, 0.6) is 0 Å². The fraction of sp³-hybridized carbons (Fsp3) is 1.00. The molecule has 2 aliphatic carbocycles. The third-order valence-electron chi connectivity index (χ3n) is 6.00. The maximum absolute atomic E-state index is 10.7. The summed E-state index contributed by atoms with van der Waals surface area (Å²) in [5.41, 5.74) is 0.421. The predicted octanol–water partition coefficient (Wildman–Crippen LogP) is 2.51. The topological polar surface area (TPSA) is 23.5 Å². The Hall–Kier alpha value is -0.0800. The van der Waals surface area contributed by atoms with E-state index in [1.165, 1.54) is 12.8 Å². The Morgan fingerprint density at radius 3 is 2.12 bits per heavy atom. The Labute approximate surface area is 100 Å². The maximum atomic E-state index is 10.7. The molecular formula is C14H27NO. The van der Waals surface area contributed by atoms with Gasteiger partial charge in [-0.2, -0.15) is 0 Å². The van der Waals surface area contributed by atoms with E-state index in [4.69, 9.17) is 0 Å². The van der Waals surface area contributed by atoms with Gasteiger partial charge in [0, 0.05) is 11.5 Å². The maximum Gasteiger partial charge on any atom is 0.0756 e. The van der Waals surface area contributed by atoms with E-state index in [0.717, 1.165) is 13.1 Å². The number of rotatable bonds is 3. The van der Waals surface area contributed by atoms with Crippen molar-refractivity contribution in [3.63, 3.8) is 0 Å². The summed E-state index contributed by atoms with van der Waals surface area (Å²) in [5, 5.41) is 10.7. The Morgan fingerprint density at radius 2 is 1.75 bits per heavy atom. The molecule has 2 rings (SSSR count). The minimum atomic E-state index is -0.138. The highest BCUT2D eigenvalue weighted by molar-refractivity contribution is 5.17. The van der Waals surface area contributed by atoms with Gasteiger partial charge in [-0.25, -0.2) is 0 Å². The second kappa shape index (κ2) is 3.71. The molecule has 2 bridgehead atoms. The fourth-order valence-corrected chi connectivity index (χ4v) is 4.38. The van der Waals surface area contributed by atoms with Gasteiger partial charge >= 0.3 is 0 Å². The van der Waals surface area contributed by atoms with Crippen molar-refractivity contribution in [2.75, 3.05) is 13.1 Å². The highest BCUT2D eigenvalue weighted by Gasteiger charge is 2.66. The molecule has 0 amide bonds. The van der Waals surface area contributed by atoms with E-state index in [1.54, 1.807) is 0 Å². The summed E-state index contributed by atoms with van der Waals surface area (Å²) in [5.74, 6) is 0.674. The van der Waals surface area contributed by atoms with Crippen molar-refractivity contribution < 1.29 is 5.11 Å². The quantitative estimate of drug-likeness (QED) is 0.798. The van der Waals surface area contributed by atoms with Crippen LogP contribution in [0.15, 0.2) is 0 Å². The minimum Gasteiger partial charge on any atom is -0.391 e. The summed E-state index contributed by atoms with van der Waals surface area (Å²) >= 11 is 0. The fourth-order valence-electron chi connectivity index (χ4n) is 4.38. The van der Waals surface area contributed by atoms with E-state index in [1.807, 2.05) is 0 Å². The van der Waals surface area contributed by atoms with E-state index in [2.05, 4.69) is 39.5 Å². The van der Waals surface area contributed by atoms with Crippen LogP contribution in [0.2, 0.25) is 0 Å². The number of aliphatic hydroxyl groups is 1. The van der Waals surface area contributed by atoms with Crippen molar-refractivity contribution in [2.24, 2.45) is 16.7 Å². The Morgan fingerprint density at radius 1 is 1.19 bits per heavy atom. The second-order valence-corrected chi connectivity index (χ2v) is 6.44. The minimum absolute atomic E-state index is 0.130. The first kappa shape index (κ1) is 12.4. The lowest BCUT2D eigenvalue weighted by Gasteiger charge is -2.39. The van der Waals surface area contributed by atoms with Crippen LogP contribution >= 0.6 is 0 Å². The molecule has 0 aromatic carbocycles. The molecule has 1 N–H and O–H groups in total. The van der Waals surface area contributed by atoms with Crippen LogP contribution in [0, 0.1) is 16.7 Å². The van der Waals surface area contributed by atoms with Gasteiger partial charge in [0.2, 0.25) is 0 Å². The summed E-state index contributed by atoms with van der Waals surface area (Å²) in [6.07, 6.45) is 2.35. The van der Waals surface area contributed by atoms with E-state index < -0.39 is 0 Å². The molecule has 4 atom stereocenters. The molecule has 0 heterocycles. The highest BCUT2D eigenvalue weighted by atomic mass is 16.3. The summed E-state index contributed by atoms with van der Waals surface area (Å²) in [4.78, 5) is 2.46.